The number of aryl methyl sites for hydroxylation is 2. The first-order valence-corrected chi connectivity index (χ1v) is 21.8. The fourth-order valence-corrected chi connectivity index (χ4v) is 8.79. The van der Waals surface area contributed by atoms with Crippen molar-refractivity contribution in [3.05, 3.63) is 190 Å². The Bertz CT molecular complexity index is 2100. The van der Waals surface area contributed by atoms with E-state index in [1.165, 1.54) is 44.5 Å². The van der Waals surface area contributed by atoms with Crippen LogP contribution >= 0.6 is 0 Å². The van der Waals surface area contributed by atoms with Crippen LogP contribution in [0.4, 0.5) is 0 Å². The average molecular weight is 787 g/mol. The van der Waals surface area contributed by atoms with Crippen molar-refractivity contribution in [3.8, 4) is 23.0 Å². The SMILES string of the molecule is CCC(C)(c1ccc(C(C)C)c(C)c1)C(Cc1cccc(Oc2ccccc2)c1)OC(Cc1cccc(Oc2ccccc2)c1)C(C)(CC)c1ccc(C(C)C)c(C)c1. The minimum absolute atomic E-state index is 0.167. The Morgan fingerprint density at radius 1 is 0.441 bits per heavy atom. The molecule has 0 aliphatic rings. The summed E-state index contributed by atoms with van der Waals surface area (Å²) in [5, 5.41) is 0. The smallest absolute Gasteiger partial charge is 0.127 e. The molecule has 0 saturated heterocycles. The molecule has 0 spiro atoms. The average Bonchev–Trinajstić information content (AvgIpc) is 3.23. The number of hydrogen-bond donors (Lipinski definition) is 0. The van der Waals surface area contributed by atoms with Gasteiger partial charge in [-0.25, -0.2) is 0 Å². The van der Waals surface area contributed by atoms with Gasteiger partial charge in [-0.3, -0.25) is 0 Å². The van der Waals surface area contributed by atoms with E-state index in [1.54, 1.807) is 0 Å². The molecule has 0 N–H and O–H groups in total. The Kier molecular flexibility index (Phi) is 14.2. The molecule has 0 heterocycles. The second-order valence-corrected chi connectivity index (χ2v) is 17.6. The summed E-state index contributed by atoms with van der Waals surface area (Å²) in [6.45, 7) is 23.1. The van der Waals surface area contributed by atoms with Gasteiger partial charge in [0, 0.05) is 10.8 Å². The van der Waals surface area contributed by atoms with E-state index < -0.39 is 0 Å². The van der Waals surface area contributed by atoms with Crippen molar-refractivity contribution < 1.29 is 14.2 Å². The van der Waals surface area contributed by atoms with Crippen LogP contribution in [0.25, 0.3) is 0 Å². The lowest BCUT2D eigenvalue weighted by molar-refractivity contribution is -0.0840. The highest BCUT2D eigenvalue weighted by molar-refractivity contribution is 5.42. The van der Waals surface area contributed by atoms with E-state index >= 15 is 0 Å². The summed E-state index contributed by atoms with van der Waals surface area (Å²) in [4.78, 5) is 0. The van der Waals surface area contributed by atoms with Crippen molar-refractivity contribution in [2.45, 2.75) is 130 Å². The Balaban J connectivity index is 1.47. The Hall–Kier alpha value is -5.12. The van der Waals surface area contributed by atoms with Gasteiger partial charge in [0.2, 0.25) is 0 Å². The van der Waals surface area contributed by atoms with E-state index in [9.17, 15) is 0 Å². The second-order valence-electron chi connectivity index (χ2n) is 17.6. The molecular formula is C56H66O3. The van der Waals surface area contributed by atoms with Gasteiger partial charge >= 0.3 is 0 Å². The first-order valence-electron chi connectivity index (χ1n) is 21.8. The van der Waals surface area contributed by atoms with Crippen LogP contribution in [0.2, 0.25) is 0 Å². The van der Waals surface area contributed by atoms with Gasteiger partial charge in [-0.05, 0) is 144 Å². The molecule has 4 atom stereocenters. The third kappa shape index (κ3) is 10.4. The monoisotopic (exact) mass is 787 g/mol. The second kappa shape index (κ2) is 19.3. The molecule has 0 radical (unpaired) electrons. The highest BCUT2D eigenvalue weighted by atomic mass is 16.5. The zero-order chi connectivity index (χ0) is 42.2. The molecule has 6 aromatic rings. The molecule has 0 aliphatic heterocycles. The van der Waals surface area contributed by atoms with Gasteiger partial charge in [0.05, 0.1) is 12.2 Å². The molecule has 0 aliphatic carbocycles. The van der Waals surface area contributed by atoms with Gasteiger partial charge in [0.15, 0.2) is 0 Å². The maximum absolute atomic E-state index is 7.95. The summed E-state index contributed by atoms with van der Waals surface area (Å²) in [7, 11) is 0. The van der Waals surface area contributed by atoms with Gasteiger partial charge in [-0.1, -0.05) is 152 Å². The Morgan fingerprint density at radius 3 is 1.15 bits per heavy atom. The highest BCUT2D eigenvalue weighted by Gasteiger charge is 2.43. The molecule has 0 bridgehead atoms. The van der Waals surface area contributed by atoms with Crippen LogP contribution in [-0.2, 0) is 28.4 Å². The molecule has 59 heavy (non-hydrogen) atoms. The molecule has 3 heteroatoms. The predicted octanol–water partition coefficient (Wildman–Crippen LogP) is 15.4. The van der Waals surface area contributed by atoms with Crippen LogP contribution in [0.3, 0.4) is 0 Å². The molecule has 308 valence electrons. The van der Waals surface area contributed by atoms with Gasteiger partial charge in [0.25, 0.3) is 0 Å². The van der Waals surface area contributed by atoms with E-state index in [1.807, 2.05) is 72.8 Å². The minimum atomic E-state index is -0.306. The minimum Gasteiger partial charge on any atom is -0.457 e. The topological polar surface area (TPSA) is 27.7 Å². The molecule has 0 fully saturated rings. The number of ether oxygens (including phenoxy) is 3. The van der Waals surface area contributed by atoms with Gasteiger partial charge in [0.1, 0.15) is 23.0 Å². The van der Waals surface area contributed by atoms with Crippen molar-refractivity contribution in [1.29, 1.82) is 0 Å². The summed E-state index contributed by atoms with van der Waals surface area (Å²) < 4.78 is 20.7. The van der Waals surface area contributed by atoms with E-state index in [-0.39, 0.29) is 23.0 Å². The number of para-hydroxylation sites is 2. The van der Waals surface area contributed by atoms with Gasteiger partial charge in [-0.15, -0.1) is 0 Å². The number of hydrogen-bond acceptors (Lipinski definition) is 3. The fraction of sp³-hybridized carbons (Fsp3) is 0.357. The van der Waals surface area contributed by atoms with Crippen molar-refractivity contribution in [2.75, 3.05) is 0 Å². The van der Waals surface area contributed by atoms with Gasteiger partial charge < -0.3 is 14.2 Å². The van der Waals surface area contributed by atoms with Crippen LogP contribution in [0, 0.1) is 13.8 Å². The maximum atomic E-state index is 7.95. The molecule has 0 saturated carbocycles. The van der Waals surface area contributed by atoms with Crippen LogP contribution in [0.15, 0.2) is 146 Å². The van der Waals surface area contributed by atoms with E-state index in [0.29, 0.717) is 11.8 Å². The zero-order valence-electron chi connectivity index (χ0n) is 37.2. The zero-order valence-corrected chi connectivity index (χ0v) is 37.2. The first kappa shape index (κ1) is 43.5. The third-order valence-electron chi connectivity index (χ3n) is 12.9. The van der Waals surface area contributed by atoms with Crippen molar-refractivity contribution in [1.82, 2.24) is 0 Å². The quantitative estimate of drug-likeness (QED) is 0.0868. The molecule has 0 amide bonds. The van der Waals surface area contributed by atoms with Crippen LogP contribution in [-0.4, -0.2) is 12.2 Å². The van der Waals surface area contributed by atoms with E-state index in [4.69, 9.17) is 14.2 Å². The van der Waals surface area contributed by atoms with Gasteiger partial charge in [-0.2, -0.15) is 0 Å². The number of benzene rings is 6. The molecule has 6 rings (SSSR count). The summed E-state index contributed by atoms with van der Waals surface area (Å²) in [5.41, 5.74) is 9.84. The lowest BCUT2D eigenvalue weighted by atomic mass is 9.70. The van der Waals surface area contributed by atoms with Crippen LogP contribution < -0.4 is 9.47 Å². The molecule has 4 unspecified atom stereocenters. The Labute approximate surface area is 355 Å². The van der Waals surface area contributed by atoms with Crippen molar-refractivity contribution in [3.63, 3.8) is 0 Å². The van der Waals surface area contributed by atoms with Crippen LogP contribution in [0.1, 0.15) is 125 Å². The summed E-state index contributed by atoms with van der Waals surface area (Å²) >= 11 is 0. The van der Waals surface area contributed by atoms with Crippen molar-refractivity contribution >= 4 is 0 Å². The summed E-state index contributed by atoms with van der Waals surface area (Å²) in [5.74, 6) is 4.22. The maximum Gasteiger partial charge on any atom is 0.127 e. The van der Waals surface area contributed by atoms with E-state index in [0.717, 1.165) is 48.7 Å². The van der Waals surface area contributed by atoms with E-state index in [2.05, 4.69) is 142 Å². The summed E-state index contributed by atoms with van der Waals surface area (Å²) in [6, 6.07) is 51.5. The Morgan fingerprint density at radius 2 is 0.814 bits per heavy atom. The lowest BCUT2D eigenvalue weighted by Crippen LogP contribution is -2.48. The molecular weight excluding hydrogens is 721 g/mol. The molecule has 3 nitrogen and oxygen atoms in total. The normalized spacial score (nSPS) is 14.7. The highest BCUT2D eigenvalue weighted by Crippen LogP contribution is 2.43. The fourth-order valence-electron chi connectivity index (χ4n) is 8.79. The largest absolute Gasteiger partial charge is 0.457 e. The molecule has 6 aromatic carbocycles. The standard InChI is InChI=1S/C56H66O3/c1-11-55(9,45-29-31-51(39(3)4)41(7)33-45)53(37-43-21-19-27-49(35-43)57-47-23-15-13-16-24-47)59-54(56(10,12-2)46-30-32-52(40(5)6)42(8)34-46)38-44-22-20-28-50(36-44)58-48-25-17-14-18-26-48/h13-36,39-40,53-54H,11-12,37-38H2,1-10H3. The van der Waals surface area contributed by atoms with Crippen molar-refractivity contribution in [2.24, 2.45) is 0 Å². The third-order valence-corrected chi connectivity index (χ3v) is 12.9. The number of rotatable bonds is 18. The van der Waals surface area contributed by atoms with Crippen LogP contribution in [0.5, 0.6) is 23.0 Å². The predicted molar refractivity (Wildman–Crippen MR) is 248 cm³/mol. The summed E-state index contributed by atoms with van der Waals surface area (Å²) in [6.07, 6.45) is 2.94. The first-order chi connectivity index (χ1) is 28.3. The molecule has 0 aromatic heterocycles. The lowest BCUT2D eigenvalue weighted by Gasteiger charge is -2.45.